The van der Waals surface area contributed by atoms with Crippen molar-refractivity contribution < 1.29 is 96.7 Å². The molecule has 0 aromatic heterocycles. The number of unbranched alkanes of at least 4 members (excludes halogenated alkanes) is 1. The van der Waals surface area contributed by atoms with Gasteiger partial charge >= 0.3 is 0 Å². The third-order valence-electron chi connectivity index (χ3n) is 8.73. The van der Waals surface area contributed by atoms with Crippen LogP contribution in [0.4, 0.5) is 0 Å². The van der Waals surface area contributed by atoms with Crippen molar-refractivity contribution in [2.75, 3.05) is 172 Å². The summed E-state index contributed by atoms with van der Waals surface area (Å²) >= 11 is 0. The summed E-state index contributed by atoms with van der Waals surface area (Å²) in [7, 11) is 0. The Balaban J connectivity index is 1.68. The predicted molar refractivity (Wildman–Crippen MR) is 221 cm³/mol. The van der Waals surface area contributed by atoms with Crippen molar-refractivity contribution in [1.82, 2.24) is 10.6 Å². The summed E-state index contributed by atoms with van der Waals surface area (Å²) in [6, 6.07) is -0.639. The lowest BCUT2D eigenvalue weighted by Crippen LogP contribution is -2.64. The lowest BCUT2D eigenvalue weighted by molar-refractivity contribution is -0.278. The molecule has 1 aliphatic rings. The van der Waals surface area contributed by atoms with Gasteiger partial charge in [0.15, 0.2) is 6.29 Å². The van der Waals surface area contributed by atoms with Gasteiger partial charge in [0.1, 0.15) is 30.6 Å². The fourth-order valence-corrected chi connectivity index (χ4v) is 5.23. The first-order valence-electron chi connectivity index (χ1n) is 21.7. The largest absolute Gasteiger partial charge is 0.387 e. The molecule has 1 heterocycles. The zero-order chi connectivity index (χ0) is 46.0. The Hall–Kier alpha value is -1.86. The van der Waals surface area contributed by atoms with Crippen molar-refractivity contribution >= 4 is 11.8 Å². The Morgan fingerprint density at radius 2 is 0.841 bits per heavy atom. The minimum Gasteiger partial charge on any atom is -0.387 e. The highest BCUT2D eigenvalue weighted by atomic mass is 16.6. The van der Waals surface area contributed by atoms with E-state index in [4.69, 9.17) is 73.0 Å². The van der Waals surface area contributed by atoms with E-state index in [2.05, 4.69) is 10.6 Å². The van der Waals surface area contributed by atoms with Gasteiger partial charge < -0.3 is 104 Å². The zero-order valence-corrected chi connectivity index (χ0v) is 36.8. The number of carbonyl (C=O) groups excluding carboxylic acids is 2. The maximum Gasteiger partial charge on any atom is 0.234 e. The van der Waals surface area contributed by atoms with Crippen molar-refractivity contribution in [2.45, 2.75) is 68.7 Å². The van der Waals surface area contributed by atoms with Gasteiger partial charge in [-0.1, -0.05) is 0 Å². The van der Waals surface area contributed by atoms with Crippen LogP contribution in [0.5, 0.6) is 0 Å². The molecule has 2 amide bonds. The number of primary amides is 1. The molecule has 24 nitrogen and oxygen atoms in total. The first-order valence-corrected chi connectivity index (χ1v) is 21.7. The number of rotatable bonds is 47. The monoisotopic (exact) mass is 923 g/mol. The lowest BCUT2D eigenvalue weighted by atomic mass is 9.97. The van der Waals surface area contributed by atoms with E-state index in [0.717, 1.165) is 6.42 Å². The molecule has 0 radical (unpaired) electrons. The summed E-state index contributed by atoms with van der Waals surface area (Å²) in [5, 5.41) is 53.7. The van der Waals surface area contributed by atoms with Crippen LogP contribution >= 0.6 is 0 Å². The number of carbonyl (C=O) groups is 2. The molecule has 11 N–H and O–H groups in total. The Morgan fingerprint density at radius 1 is 0.492 bits per heavy atom. The van der Waals surface area contributed by atoms with Crippen molar-refractivity contribution in [3.05, 3.63) is 0 Å². The van der Waals surface area contributed by atoms with Gasteiger partial charge in [-0.05, 0) is 19.3 Å². The van der Waals surface area contributed by atoms with E-state index in [1.165, 1.54) is 0 Å². The zero-order valence-electron chi connectivity index (χ0n) is 36.8. The second-order valence-electron chi connectivity index (χ2n) is 13.8. The maximum absolute atomic E-state index is 11.8. The standard InChI is InChI=1S/C39H78N4O20/c40-31(37(41)48)3-1-2-5-42-32(44)4-7-51-9-11-53-13-15-55-17-19-57-21-23-59-25-27-61-29-30-62-28-26-60-24-22-58-20-18-56-16-14-54-12-10-52-8-6-43-38-35(47)33(45)34(46)36(63-38)39(49)50/h31,33-36,38-39,43,45-47,49-50H,1-30,40H2,(H2,41,48)(H,42,44)/t31-,33-,34-,35+,36-,38?/m0/s1. The van der Waals surface area contributed by atoms with Gasteiger partial charge in [0.05, 0.1) is 165 Å². The van der Waals surface area contributed by atoms with Gasteiger partial charge in [-0.25, -0.2) is 0 Å². The van der Waals surface area contributed by atoms with E-state index in [1.54, 1.807) is 0 Å². The summed E-state index contributed by atoms with van der Waals surface area (Å²) in [5.41, 5.74) is 10.7. The van der Waals surface area contributed by atoms with Gasteiger partial charge in [0, 0.05) is 19.5 Å². The average molecular weight is 923 g/mol. The fourth-order valence-electron chi connectivity index (χ4n) is 5.23. The molecule has 0 saturated carbocycles. The van der Waals surface area contributed by atoms with E-state index < -0.39 is 48.9 Å². The molecular weight excluding hydrogens is 844 g/mol. The number of aliphatic hydroxyl groups is 5. The van der Waals surface area contributed by atoms with E-state index >= 15 is 0 Å². The molecule has 0 aromatic carbocycles. The van der Waals surface area contributed by atoms with Crippen LogP contribution in [0, 0.1) is 0 Å². The smallest absolute Gasteiger partial charge is 0.234 e. The first-order chi connectivity index (χ1) is 30.6. The Labute approximate surface area is 370 Å². The van der Waals surface area contributed by atoms with Gasteiger partial charge in [-0.15, -0.1) is 0 Å². The molecule has 63 heavy (non-hydrogen) atoms. The molecule has 0 aromatic rings. The second-order valence-corrected chi connectivity index (χ2v) is 13.8. The van der Waals surface area contributed by atoms with Crippen LogP contribution in [0.25, 0.3) is 0 Å². The van der Waals surface area contributed by atoms with E-state index in [1.807, 2.05) is 0 Å². The molecule has 1 aliphatic heterocycles. The minimum absolute atomic E-state index is 0.0934. The van der Waals surface area contributed by atoms with E-state index in [-0.39, 0.29) is 25.5 Å². The predicted octanol–water partition coefficient (Wildman–Crippen LogP) is -4.62. The number of amides is 2. The highest BCUT2D eigenvalue weighted by molar-refractivity contribution is 5.79. The summed E-state index contributed by atoms with van der Waals surface area (Å²) in [5.74, 6) is -0.609. The van der Waals surface area contributed by atoms with Crippen LogP contribution in [0.3, 0.4) is 0 Å². The molecule has 1 unspecified atom stereocenters. The molecule has 6 atom stereocenters. The topological polar surface area (TPSA) is 331 Å². The number of hydrogen-bond acceptors (Lipinski definition) is 22. The van der Waals surface area contributed by atoms with Crippen molar-refractivity contribution in [3.63, 3.8) is 0 Å². The summed E-state index contributed by atoms with van der Waals surface area (Å²) in [4.78, 5) is 22.7. The van der Waals surface area contributed by atoms with Crippen LogP contribution in [0.1, 0.15) is 25.7 Å². The third-order valence-corrected chi connectivity index (χ3v) is 8.73. The molecule has 24 heteroatoms. The number of nitrogens with two attached hydrogens (primary N) is 2. The van der Waals surface area contributed by atoms with E-state index in [0.29, 0.717) is 171 Å². The molecule has 1 fully saturated rings. The summed E-state index contributed by atoms with van der Waals surface area (Å²) in [6.07, 6.45) is -7.05. The van der Waals surface area contributed by atoms with Gasteiger partial charge in [-0.3, -0.25) is 14.9 Å². The molecule has 0 spiro atoms. The van der Waals surface area contributed by atoms with Gasteiger partial charge in [0.25, 0.3) is 0 Å². The molecular formula is C39H78N4O20. The van der Waals surface area contributed by atoms with Crippen LogP contribution in [-0.4, -0.2) is 252 Å². The van der Waals surface area contributed by atoms with E-state index in [9.17, 15) is 35.1 Å². The number of ether oxygens (including phenoxy) is 13. The highest BCUT2D eigenvalue weighted by Gasteiger charge is 2.45. The molecule has 0 bridgehead atoms. The molecule has 1 saturated heterocycles. The quantitative estimate of drug-likeness (QED) is 0.0205. The normalized spacial score (nSPS) is 19.5. The molecule has 1 rings (SSSR count). The van der Waals surface area contributed by atoms with Crippen LogP contribution in [0.2, 0.25) is 0 Å². The summed E-state index contributed by atoms with van der Waals surface area (Å²) < 4.78 is 70.7. The van der Waals surface area contributed by atoms with Crippen LogP contribution in [0.15, 0.2) is 0 Å². The van der Waals surface area contributed by atoms with Crippen molar-refractivity contribution in [3.8, 4) is 0 Å². The Morgan fingerprint density at radius 3 is 1.19 bits per heavy atom. The number of nitrogens with one attached hydrogen (secondary N) is 2. The average Bonchev–Trinajstić information content (AvgIpc) is 3.26. The van der Waals surface area contributed by atoms with Crippen molar-refractivity contribution in [2.24, 2.45) is 11.5 Å². The summed E-state index contributed by atoms with van der Waals surface area (Å²) in [6.45, 7) is 10.7. The molecule has 0 aliphatic carbocycles. The second kappa shape index (κ2) is 42.8. The number of hydrogen-bond donors (Lipinski definition) is 9. The van der Waals surface area contributed by atoms with Crippen LogP contribution in [-0.2, 0) is 71.2 Å². The van der Waals surface area contributed by atoms with Gasteiger partial charge in [0.2, 0.25) is 11.8 Å². The lowest BCUT2D eigenvalue weighted by Gasteiger charge is -2.41. The highest BCUT2D eigenvalue weighted by Crippen LogP contribution is 2.21. The van der Waals surface area contributed by atoms with Gasteiger partial charge in [-0.2, -0.15) is 0 Å². The van der Waals surface area contributed by atoms with Crippen LogP contribution < -0.4 is 22.1 Å². The Bertz CT molecular complexity index is 1050. The SMILES string of the molecule is NC(=O)[C@@H](N)CCCCNC(=O)CCOCCOCCOCCOCCOCCOCCOCCOCCOCCOCCOCCOCCNC1O[C@H](C(O)O)[C@@H](O)[C@H](O)[C@H]1O. The minimum atomic E-state index is -2.02. The van der Waals surface area contributed by atoms with Crippen molar-refractivity contribution in [1.29, 1.82) is 0 Å². The number of aliphatic hydroxyl groups excluding tert-OH is 4. The Kier molecular flexibility index (Phi) is 40.1. The maximum atomic E-state index is 11.8. The fraction of sp³-hybridized carbons (Fsp3) is 0.949. The first kappa shape index (κ1) is 59.2. The third kappa shape index (κ3) is 35.1. The molecule has 374 valence electrons.